The number of amides is 1. The number of aliphatic carboxylic acids is 1. The number of hydrogen-bond acceptors (Lipinski definition) is 3. The van der Waals surface area contributed by atoms with Gasteiger partial charge in [0.2, 0.25) is 0 Å². The van der Waals surface area contributed by atoms with Crippen LogP contribution in [-0.4, -0.2) is 23.0 Å². The number of halogens is 1. The fourth-order valence-electron chi connectivity index (χ4n) is 1.47. The Balaban J connectivity index is 2.69. The molecule has 1 aromatic heterocycles. The van der Waals surface area contributed by atoms with Crippen LogP contribution in [0.2, 0.25) is 0 Å². The molecule has 1 rings (SSSR count). The van der Waals surface area contributed by atoms with E-state index in [1.54, 1.807) is 6.07 Å². The van der Waals surface area contributed by atoms with E-state index < -0.39 is 12.0 Å². The van der Waals surface area contributed by atoms with Gasteiger partial charge >= 0.3 is 5.97 Å². The fraction of sp³-hybridized carbons (Fsp3) is 0.500. The van der Waals surface area contributed by atoms with Gasteiger partial charge in [0, 0.05) is 0 Å². The molecule has 1 aromatic rings. The highest BCUT2D eigenvalue weighted by Gasteiger charge is 2.21. The number of aryl methyl sites for hydroxylation is 1. The average molecular weight is 334 g/mol. The van der Waals surface area contributed by atoms with E-state index in [9.17, 15) is 9.59 Å². The molecule has 0 aliphatic rings. The third-order valence-corrected chi connectivity index (χ3v) is 4.67. The number of rotatable bonds is 6. The van der Waals surface area contributed by atoms with E-state index in [0.29, 0.717) is 11.3 Å². The van der Waals surface area contributed by atoms with E-state index in [1.807, 2.05) is 13.8 Å². The van der Waals surface area contributed by atoms with Crippen LogP contribution in [0.15, 0.2) is 9.85 Å². The van der Waals surface area contributed by atoms with E-state index >= 15 is 0 Å². The van der Waals surface area contributed by atoms with Gasteiger partial charge in [-0.05, 0) is 40.9 Å². The minimum Gasteiger partial charge on any atom is -0.480 e. The van der Waals surface area contributed by atoms with E-state index in [0.717, 1.165) is 22.2 Å². The molecule has 6 heteroatoms. The molecular weight excluding hydrogens is 318 g/mol. The van der Waals surface area contributed by atoms with Crippen molar-refractivity contribution < 1.29 is 14.7 Å². The smallest absolute Gasteiger partial charge is 0.326 e. The van der Waals surface area contributed by atoms with Crippen molar-refractivity contribution in [3.63, 3.8) is 0 Å². The summed E-state index contributed by atoms with van der Waals surface area (Å²) < 4.78 is 0.896. The van der Waals surface area contributed by atoms with E-state index in [4.69, 9.17) is 5.11 Å². The van der Waals surface area contributed by atoms with E-state index in [-0.39, 0.29) is 5.91 Å². The number of carbonyl (C=O) groups excluding carboxylic acids is 1. The molecule has 1 amide bonds. The van der Waals surface area contributed by atoms with Crippen molar-refractivity contribution >= 4 is 39.1 Å². The predicted octanol–water partition coefficient (Wildman–Crippen LogP) is 3.19. The number of nitrogens with one attached hydrogen (secondary N) is 1. The molecule has 0 saturated heterocycles. The van der Waals surface area contributed by atoms with Gasteiger partial charge < -0.3 is 10.4 Å². The Labute approximate surface area is 119 Å². The summed E-state index contributed by atoms with van der Waals surface area (Å²) >= 11 is 4.66. The summed E-state index contributed by atoms with van der Waals surface area (Å²) in [6.45, 7) is 3.88. The molecule has 1 atom stereocenters. The summed E-state index contributed by atoms with van der Waals surface area (Å²) in [5.74, 6) is -1.30. The van der Waals surface area contributed by atoms with Gasteiger partial charge in [0.15, 0.2) is 0 Å². The lowest BCUT2D eigenvalue weighted by atomic mass is 10.1. The Hall–Kier alpha value is -0.880. The number of thiophene rings is 1. The summed E-state index contributed by atoms with van der Waals surface area (Å²) in [4.78, 5) is 23.5. The molecular formula is C12H16BrNO3S. The lowest BCUT2D eigenvalue weighted by Gasteiger charge is -2.13. The minimum absolute atomic E-state index is 0.322. The highest BCUT2D eigenvalue weighted by molar-refractivity contribution is 9.11. The Morgan fingerprint density at radius 2 is 2.22 bits per heavy atom. The van der Waals surface area contributed by atoms with Crippen LogP contribution < -0.4 is 5.32 Å². The zero-order chi connectivity index (χ0) is 13.7. The van der Waals surface area contributed by atoms with Gasteiger partial charge in [-0.25, -0.2) is 4.79 Å². The highest BCUT2D eigenvalue weighted by atomic mass is 79.9. The maximum atomic E-state index is 11.9. The monoisotopic (exact) mass is 333 g/mol. The lowest BCUT2D eigenvalue weighted by molar-refractivity contribution is -0.139. The third kappa shape index (κ3) is 4.10. The van der Waals surface area contributed by atoms with Crippen molar-refractivity contribution in [2.45, 2.75) is 39.2 Å². The minimum atomic E-state index is -0.982. The maximum Gasteiger partial charge on any atom is 0.326 e. The first-order chi connectivity index (χ1) is 8.45. The largest absolute Gasteiger partial charge is 0.480 e. The molecule has 0 aliphatic heterocycles. The van der Waals surface area contributed by atoms with Crippen molar-refractivity contribution in [1.82, 2.24) is 5.32 Å². The van der Waals surface area contributed by atoms with Crippen LogP contribution in [0.3, 0.4) is 0 Å². The number of unbranched alkanes of at least 4 members (excludes halogenated alkanes) is 1. The van der Waals surface area contributed by atoms with Gasteiger partial charge in [0.1, 0.15) is 6.04 Å². The molecule has 0 aliphatic carbocycles. The van der Waals surface area contributed by atoms with Crippen molar-refractivity contribution in [2.24, 2.45) is 0 Å². The summed E-state index contributed by atoms with van der Waals surface area (Å²) in [5.41, 5.74) is 0.977. The van der Waals surface area contributed by atoms with E-state index in [1.165, 1.54) is 11.3 Å². The van der Waals surface area contributed by atoms with Crippen LogP contribution in [0.4, 0.5) is 0 Å². The quantitative estimate of drug-likeness (QED) is 0.840. The highest BCUT2D eigenvalue weighted by Crippen LogP contribution is 2.27. The Morgan fingerprint density at radius 1 is 1.56 bits per heavy atom. The van der Waals surface area contributed by atoms with Gasteiger partial charge in [0.25, 0.3) is 5.91 Å². The normalized spacial score (nSPS) is 12.2. The number of hydrogen-bond donors (Lipinski definition) is 2. The van der Waals surface area contributed by atoms with Gasteiger partial charge in [-0.1, -0.05) is 19.8 Å². The molecule has 0 radical (unpaired) electrons. The predicted molar refractivity (Wildman–Crippen MR) is 75.2 cm³/mol. The summed E-state index contributed by atoms with van der Waals surface area (Å²) in [6, 6.07) is 0.946. The number of carboxylic acids is 1. The molecule has 0 fully saturated rings. The molecule has 0 spiro atoms. The Morgan fingerprint density at radius 3 is 2.67 bits per heavy atom. The summed E-state index contributed by atoms with van der Waals surface area (Å²) in [6.07, 6.45) is 2.15. The molecule has 0 aromatic carbocycles. The van der Waals surface area contributed by atoms with Crippen molar-refractivity contribution in [3.8, 4) is 0 Å². The van der Waals surface area contributed by atoms with Crippen LogP contribution >= 0.6 is 27.3 Å². The zero-order valence-corrected chi connectivity index (χ0v) is 12.7. The van der Waals surface area contributed by atoms with Gasteiger partial charge in [-0.2, -0.15) is 0 Å². The molecule has 2 N–H and O–H groups in total. The molecule has 0 bridgehead atoms. The van der Waals surface area contributed by atoms with Gasteiger partial charge in [0.05, 0.1) is 8.66 Å². The first-order valence-corrected chi connectivity index (χ1v) is 7.36. The summed E-state index contributed by atoms with van der Waals surface area (Å²) in [5, 5.41) is 11.6. The van der Waals surface area contributed by atoms with Crippen molar-refractivity contribution in [3.05, 3.63) is 20.3 Å². The van der Waals surface area contributed by atoms with Crippen LogP contribution in [0.25, 0.3) is 0 Å². The molecule has 1 heterocycles. The second-order valence-electron chi connectivity index (χ2n) is 4.07. The van der Waals surface area contributed by atoms with Crippen LogP contribution in [0.1, 0.15) is 41.4 Å². The molecule has 100 valence electrons. The lowest BCUT2D eigenvalue weighted by Crippen LogP contribution is -2.40. The number of carbonyl (C=O) groups is 2. The molecule has 18 heavy (non-hydrogen) atoms. The van der Waals surface area contributed by atoms with E-state index in [2.05, 4.69) is 21.2 Å². The second-order valence-corrected chi connectivity index (χ2v) is 6.44. The Bertz CT molecular complexity index is 425. The van der Waals surface area contributed by atoms with Gasteiger partial charge in [-0.15, -0.1) is 11.3 Å². The average Bonchev–Trinajstić information content (AvgIpc) is 2.64. The van der Waals surface area contributed by atoms with Gasteiger partial charge in [-0.3, -0.25) is 4.79 Å². The summed E-state index contributed by atoms with van der Waals surface area (Å²) in [7, 11) is 0. The van der Waals surface area contributed by atoms with Crippen molar-refractivity contribution in [2.75, 3.05) is 0 Å². The first kappa shape index (κ1) is 15.2. The van der Waals surface area contributed by atoms with Crippen LogP contribution in [-0.2, 0) is 4.79 Å². The first-order valence-electron chi connectivity index (χ1n) is 5.75. The topological polar surface area (TPSA) is 66.4 Å². The SMILES string of the molecule is CCCCC(NC(=O)c1cc(C)c(Br)s1)C(=O)O. The van der Waals surface area contributed by atoms with Crippen LogP contribution in [0, 0.1) is 6.92 Å². The molecule has 4 nitrogen and oxygen atoms in total. The Kier molecular flexibility index (Phi) is 5.81. The standard InChI is InChI=1S/C12H16BrNO3S/c1-3-4-5-8(12(16)17)14-11(15)9-6-7(2)10(13)18-9/h6,8H,3-5H2,1-2H3,(H,14,15)(H,16,17). The van der Waals surface area contributed by atoms with Crippen molar-refractivity contribution in [1.29, 1.82) is 0 Å². The maximum absolute atomic E-state index is 11.9. The molecule has 0 saturated carbocycles. The third-order valence-electron chi connectivity index (χ3n) is 2.53. The second kappa shape index (κ2) is 6.89. The zero-order valence-electron chi connectivity index (χ0n) is 10.3. The number of carboxylic acid groups (broad SMARTS) is 1. The fourth-order valence-corrected chi connectivity index (χ4v) is 2.90. The van der Waals surface area contributed by atoms with Crippen LogP contribution in [0.5, 0.6) is 0 Å². The molecule has 1 unspecified atom stereocenters.